The standard InChI is InChI=1S/C12H16N2/c1-9(13)6-7-10-8-14-12-5-3-2-4-11(10)12/h2-5,8-9,14H,6-7,13H2,1H3/t9-/m1/s1. The van der Waals surface area contributed by atoms with Crippen LogP contribution in [0.1, 0.15) is 18.9 Å². The molecule has 1 atom stereocenters. The molecule has 0 bridgehead atoms. The summed E-state index contributed by atoms with van der Waals surface area (Å²) in [4.78, 5) is 3.27. The Kier molecular flexibility index (Phi) is 2.55. The maximum Gasteiger partial charge on any atom is 0.0456 e. The highest BCUT2D eigenvalue weighted by atomic mass is 14.7. The largest absolute Gasteiger partial charge is 0.361 e. The third-order valence-electron chi connectivity index (χ3n) is 2.54. The minimum atomic E-state index is 0.281. The lowest BCUT2D eigenvalue weighted by Gasteiger charge is -2.03. The molecule has 1 aromatic carbocycles. The molecular weight excluding hydrogens is 172 g/mol. The number of aromatic amines is 1. The van der Waals surface area contributed by atoms with Gasteiger partial charge in [0.25, 0.3) is 0 Å². The Morgan fingerprint density at radius 1 is 1.36 bits per heavy atom. The van der Waals surface area contributed by atoms with E-state index in [1.165, 1.54) is 16.5 Å². The summed E-state index contributed by atoms with van der Waals surface area (Å²) in [6.45, 7) is 2.05. The Hall–Kier alpha value is -1.28. The minimum absolute atomic E-state index is 0.281. The van der Waals surface area contributed by atoms with Gasteiger partial charge in [-0.1, -0.05) is 18.2 Å². The quantitative estimate of drug-likeness (QED) is 0.763. The van der Waals surface area contributed by atoms with Crippen LogP contribution >= 0.6 is 0 Å². The Morgan fingerprint density at radius 3 is 2.93 bits per heavy atom. The summed E-state index contributed by atoms with van der Waals surface area (Å²) in [5.41, 5.74) is 8.33. The van der Waals surface area contributed by atoms with Gasteiger partial charge in [0.2, 0.25) is 0 Å². The van der Waals surface area contributed by atoms with Crippen LogP contribution in [0.2, 0.25) is 0 Å². The van der Waals surface area contributed by atoms with Gasteiger partial charge >= 0.3 is 0 Å². The molecule has 3 N–H and O–H groups in total. The monoisotopic (exact) mass is 188 g/mol. The molecule has 0 aliphatic carbocycles. The van der Waals surface area contributed by atoms with Gasteiger partial charge in [-0.15, -0.1) is 0 Å². The number of nitrogens with one attached hydrogen (secondary N) is 1. The van der Waals surface area contributed by atoms with Crippen LogP contribution in [-0.4, -0.2) is 11.0 Å². The summed E-state index contributed by atoms with van der Waals surface area (Å²) in [6, 6.07) is 8.66. The molecule has 0 spiro atoms. The molecule has 0 saturated carbocycles. The SMILES string of the molecule is C[C@@H](N)CCc1c[nH]c2ccccc12. The number of aryl methyl sites for hydroxylation is 1. The van der Waals surface area contributed by atoms with E-state index >= 15 is 0 Å². The van der Waals surface area contributed by atoms with E-state index in [4.69, 9.17) is 5.73 Å². The van der Waals surface area contributed by atoms with Crippen molar-refractivity contribution >= 4 is 10.9 Å². The lowest BCUT2D eigenvalue weighted by atomic mass is 10.1. The average molecular weight is 188 g/mol. The summed E-state index contributed by atoms with van der Waals surface area (Å²) in [5, 5.41) is 1.33. The van der Waals surface area contributed by atoms with Crippen LogP contribution in [0, 0.1) is 0 Å². The maximum absolute atomic E-state index is 5.74. The van der Waals surface area contributed by atoms with Crippen molar-refractivity contribution in [2.45, 2.75) is 25.8 Å². The number of benzene rings is 1. The number of para-hydroxylation sites is 1. The van der Waals surface area contributed by atoms with Crippen molar-refractivity contribution in [3.63, 3.8) is 0 Å². The fourth-order valence-electron chi connectivity index (χ4n) is 1.72. The van der Waals surface area contributed by atoms with Gasteiger partial charge in [-0.3, -0.25) is 0 Å². The minimum Gasteiger partial charge on any atom is -0.361 e. The van der Waals surface area contributed by atoms with E-state index in [-0.39, 0.29) is 6.04 Å². The van der Waals surface area contributed by atoms with Crippen LogP contribution in [0.15, 0.2) is 30.5 Å². The Bertz CT molecular complexity index is 415. The van der Waals surface area contributed by atoms with Gasteiger partial charge in [0.1, 0.15) is 0 Å². The third kappa shape index (κ3) is 1.80. The maximum atomic E-state index is 5.74. The van der Waals surface area contributed by atoms with Gasteiger partial charge in [0.05, 0.1) is 0 Å². The van der Waals surface area contributed by atoms with Crippen LogP contribution in [0.25, 0.3) is 10.9 Å². The molecule has 0 unspecified atom stereocenters. The van der Waals surface area contributed by atoms with Gasteiger partial charge in [-0.2, -0.15) is 0 Å². The smallest absolute Gasteiger partial charge is 0.0456 e. The summed E-state index contributed by atoms with van der Waals surface area (Å²) in [6.07, 6.45) is 4.19. The predicted molar refractivity (Wildman–Crippen MR) is 60.3 cm³/mol. The molecule has 2 aromatic rings. The number of rotatable bonds is 3. The fraction of sp³-hybridized carbons (Fsp3) is 0.333. The molecule has 0 aliphatic rings. The number of aromatic nitrogens is 1. The third-order valence-corrected chi connectivity index (χ3v) is 2.54. The molecule has 0 saturated heterocycles. The van der Waals surface area contributed by atoms with Crippen LogP contribution in [0.3, 0.4) is 0 Å². The van der Waals surface area contributed by atoms with E-state index in [0.29, 0.717) is 0 Å². The highest BCUT2D eigenvalue weighted by Gasteiger charge is 2.03. The van der Waals surface area contributed by atoms with Gasteiger partial charge in [-0.25, -0.2) is 0 Å². The van der Waals surface area contributed by atoms with Crippen molar-refractivity contribution in [2.24, 2.45) is 5.73 Å². The molecule has 0 aliphatic heterocycles. The zero-order valence-electron chi connectivity index (χ0n) is 8.46. The summed E-state index contributed by atoms with van der Waals surface area (Å²) < 4.78 is 0. The van der Waals surface area contributed by atoms with Crippen molar-refractivity contribution < 1.29 is 0 Å². The molecule has 0 amide bonds. The van der Waals surface area contributed by atoms with Gasteiger partial charge in [0, 0.05) is 23.1 Å². The topological polar surface area (TPSA) is 41.8 Å². The average Bonchev–Trinajstić information content (AvgIpc) is 2.58. The van der Waals surface area contributed by atoms with E-state index in [1.807, 2.05) is 6.07 Å². The number of hydrogen-bond donors (Lipinski definition) is 2. The van der Waals surface area contributed by atoms with E-state index in [0.717, 1.165) is 12.8 Å². The van der Waals surface area contributed by atoms with Crippen molar-refractivity contribution in [3.8, 4) is 0 Å². The molecule has 1 aromatic heterocycles. The molecule has 74 valence electrons. The molecule has 1 heterocycles. The van der Waals surface area contributed by atoms with Gasteiger partial charge in [-0.05, 0) is 31.4 Å². The first kappa shape index (κ1) is 9.28. The Morgan fingerprint density at radius 2 is 2.14 bits per heavy atom. The Labute approximate surface area is 84.1 Å². The lowest BCUT2D eigenvalue weighted by molar-refractivity contribution is 0.668. The Balaban J connectivity index is 2.25. The van der Waals surface area contributed by atoms with Crippen LogP contribution in [-0.2, 0) is 6.42 Å². The highest BCUT2D eigenvalue weighted by molar-refractivity contribution is 5.82. The van der Waals surface area contributed by atoms with Crippen LogP contribution in [0.5, 0.6) is 0 Å². The van der Waals surface area contributed by atoms with E-state index in [2.05, 4.69) is 36.3 Å². The highest BCUT2D eigenvalue weighted by Crippen LogP contribution is 2.19. The molecule has 2 nitrogen and oxygen atoms in total. The van der Waals surface area contributed by atoms with E-state index in [1.54, 1.807) is 0 Å². The van der Waals surface area contributed by atoms with Crippen molar-refractivity contribution in [3.05, 3.63) is 36.0 Å². The molecule has 0 radical (unpaired) electrons. The summed E-state index contributed by atoms with van der Waals surface area (Å²) in [5.74, 6) is 0. The molecule has 2 rings (SSSR count). The number of hydrogen-bond acceptors (Lipinski definition) is 1. The van der Waals surface area contributed by atoms with E-state index < -0.39 is 0 Å². The second-order valence-electron chi connectivity index (χ2n) is 3.88. The molecule has 0 fully saturated rings. The zero-order valence-corrected chi connectivity index (χ0v) is 8.46. The van der Waals surface area contributed by atoms with Crippen molar-refractivity contribution in [2.75, 3.05) is 0 Å². The van der Waals surface area contributed by atoms with Gasteiger partial charge in [0.15, 0.2) is 0 Å². The van der Waals surface area contributed by atoms with Crippen LogP contribution < -0.4 is 5.73 Å². The van der Waals surface area contributed by atoms with E-state index in [9.17, 15) is 0 Å². The molecule has 2 heteroatoms. The second kappa shape index (κ2) is 3.84. The summed E-state index contributed by atoms with van der Waals surface area (Å²) >= 11 is 0. The van der Waals surface area contributed by atoms with Crippen molar-refractivity contribution in [1.29, 1.82) is 0 Å². The zero-order chi connectivity index (χ0) is 9.97. The first-order valence-electron chi connectivity index (χ1n) is 5.08. The van der Waals surface area contributed by atoms with Crippen LogP contribution in [0.4, 0.5) is 0 Å². The fourth-order valence-corrected chi connectivity index (χ4v) is 1.72. The lowest BCUT2D eigenvalue weighted by Crippen LogP contribution is -2.15. The number of fused-ring (bicyclic) bond motifs is 1. The molecular formula is C12H16N2. The summed E-state index contributed by atoms with van der Waals surface area (Å²) in [7, 11) is 0. The number of H-pyrrole nitrogens is 1. The van der Waals surface area contributed by atoms with Gasteiger partial charge < -0.3 is 10.7 Å². The first-order valence-corrected chi connectivity index (χ1v) is 5.08. The second-order valence-corrected chi connectivity index (χ2v) is 3.88. The predicted octanol–water partition coefficient (Wildman–Crippen LogP) is 2.45. The molecule has 14 heavy (non-hydrogen) atoms. The normalized spacial score (nSPS) is 13.3. The first-order chi connectivity index (χ1) is 6.77. The van der Waals surface area contributed by atoms with Crippen molar-refractivity contribution in [1.82, 2.24) is 4.98 Å². The number of nitrogens with two attached hydrogens (primary N) is 1.